The summed E-state index contributed by atoms with van der Waals surface area (Å²) in [5.74, 6) is 0.633. The first-order valence-electron chi connectivity index (χ1n) is 11.5. The molecule has 0 aliphatic carbocycles. The molecule has 2 aromatic rings. The molecule has 0 aromatic heterocycles. The van der Waals surface area contributed by atoms with Crippen LogP contribution < -0.4 is 14.4 Å². The first-order chi connectivity index (χ1) is 16.4. The number of piperazine rings is 1. The molecule has 0 radical (unpaired) electrons. The summed E-state index contributed by atoms with van der Waals surface area (Å²) < 4.78 is 33.4. The van der Waals surface area contributed by atoms with E-state index in [0.29, 0.717) is 51.4 Å². The van der Waals surface area contributed by atoms with E-state index in [2.05, 4.69) is 9.62 Å². The SMILES string of the molecule is O=C(CNS(=O)(=O)c1ccc(N2CCCC2=O)cc1)N1CCN(CCOc2ccccc2)CC1. The third-order valence-corrected chi connectivity index (χ3v) is 7.51. The van der Waals surface area contributed by atoms with E-state index in [1.54, 1.807) is 21.9 Å². The smallest absolute Gasteiger partial charge is 0.241 e. The van der Waals surface area contributed by atoms with Gasteiger partial charge in [0.1, 0.15) is 12.4 Å². The zero-order valence-electron chi connectivity index (χ0n) is 19.1. The number of amides is 2. The molecule has 2 aliphatic heterocycles. The number of ether oxygens (including phenoxy) is 1. The monoisotopic (exact) mass is 486 g/mol. The molecule has 0 spiro atoms. The molecule has 34 heavy (non-hydrogen) atoms. The average Bonchev–Trinajstić information content (AvgIpc) is 3.29. The maximum atomic E-state index is 12.6. The fraction of sp³-hybridized carbons (Fsp3) is 0.417. The Labute approximate surface area is 200 Å². The molecule has 4 rings (SSSR count). The number of carbonyl (C=O) groups is 2. The Bertz CT molecular complexity index is 1080. The Hall–Kier alpha value is -2.95. The van der Waals surface area contributed by atoms with Crippen molar-refractivity contribution in [2.24, 2.45) is 0 Å². The van der Waals surface area contributed by atoms with E-state index in [-0.39, 0.29) is 23.3 Å². The van der Waals surface area contributed by atoms with Crippen LogP contribution in [0, 0.1) is 0 Å². The van der Waals surface area contributed by atoms with Crippen molar-refractivity contribution in [1.82, 2.24) is 14.5 Å². The van der Waals surface area contributed by atoms with Gasteiger partial charge >= 0.3 is 0 Å². The van der Waals surface area contributed by atoms with Crippen molar-refractivity contribution >= 4 is 27.5 Å². The number of carbonyl (C=O) groups excluding carboxylic acids is 2. The molecule has 0 saturated carbocycles. The van der Waals surface area contributed by atoms with Crippen LogP contribution in [0.15, 0.2) is 59.5 Å². The molecule has 2 aliphatic rings. The van der Waals surface area contributed by atoms with Gasteiger partial charge < -0.3 is 14.5 Å². The van der Waals surface area contributed by atoms with Crippen molar-refractivity contribution in [2.75, 3.05) is 57.3 Å². The summed E-state index contributed by atoms with van der Waals surface area (Å²) in [6.45, 7) is 4.22. The highest BCUT2D eigenvalue weighted by atomic mass is 32.2. The molecule has 10 heteroatoms. The number of rotatable bonds is 9. The molecule has 1 N–H and O–H groups in total. The second-order valence-electron chi connectivity index (χ2n) is 8.35. The van der Waals surface area contributed by atoms with Crippen LogP contribution in [0.5, 0.6) is 5.75 Å². The van der Waals surface area contributed by atoms with E-state index < -0.39 is 10.0 Å². The Morgan fingerprint density at radius 1 is 0.941 bits per heavy atom. The first kappa shape index (κ1) is 24.2. The summed E-state index contributed by atoms with van der Waals surface area (Å²) in [5.41, 5.74) is 0.685. The van der Waals surface area contributed by atoms with Gasteiger partial charge in [-0.25, -0.2) is 13.1 Å². The van der Waals surface area contributed by atoms with Crippen LogP contribution in [-0.2, 0) is 19.6 Å². The minimum absolute atomic E-state index is 0.0446. The van der Waals surface area contributed by atoms with Crippen LogP contribution in [0.2, 0.25) is 0 Å². The highest BCUT2D eigenvalue weighted by Gasteiger charge is 2.24. The Balaban J connectivity index is 1.20. The standard InChI is InChI=1S/C24H30N4O5S/c29-23-7-4-12-28(23)20-8-10-22(11-9-20)34(31,32)25-19-24(30)27-15-13-26(14-16-27)17-18-33-21-5-2-1-3-6-21/h1-3,5-6,8-11,25H,4,7,12-19H2. The Morgan fingerprint density at radius 2 is 1.65 bits per heavy atom. The lowest BCUT2D eigenvalue weighted by atomic mass is 10.3. The van der Waals surface area contributed by atoms with E-state index in [1.807, 2.05) is 30.3 Å². The van der Waals surface area contributed by atoms with Gasteiger partial charge in [-0.1, -0.05) is 18.2 Å². The molecule has 2 fully saturated rings. The summed E-state index contributed by atoms with van der Waals surface area (Å²) in [4.78, 5) is 30.0. The number of anilines is 1. The molecule has 2 heterocycles. The quantitative estimate of drug-likeness (QED) is 0.574. The molecule has 182 valence electrons. The van der Waals surface area contributed by atoms with E-state index in [0.717, 1.165) is 18.7 Å². The van der Waals surface area contributed by atoms with Crippen molar-refractivity contribution < 1.29 is 22.7 Å². The van der Waals surface area contributed by atoms with Crippen LogP contribution in [0.1, 0.15) is 12.8 Å². The van der Waals surface area contributed by atoms with Crippen LogP contribution >= 0.6 is 0 Å². The number of hydrogen-bond acceptors (Lipinski definition) is 6. The Morgan fingerprint density at radius 3 is 2.29 bits per heavy atom. The molecule has 2 aromatic carbocycles. The van der Waals surface area contributed by atoms with E-state index in [4.69, 9.17) is 4.74 Å². The van der Waals surface area contributed by atoms with Crippen molar-refractivity contribution in [3.05, 3.63) is 54.6 Å². The third kappa shape index (κ3) is 6.13. The van der Waals surface area contributed by atoms with Crippen molar-refractivity contribution in [3.8, 4) is 5.75 Å². The van der Waals surface area contributed by atoms with Gasteiger partial charge in [-0.2, -0.15) is 0 Å². The molecule has 2 saturated heterocycles. The second kappa shape index (κ2) is 11.0. The lowest BCUT2D eigenvalue weighted by Crippen LogP contribution is -2.51. The van der Waals surface area contributed by atoms with Crippen LogP contribution in [0.4, 0.5) is 5.69 Å². The largest absolute Gasteiger partial charge is 0.492 e. The van der Waals surface area contributed by atoms with Gasteiger partial charge in [0, 0.05) is 51.4 Å². The van der Waals surface area contributed by atoms with E-state index >= 15 is 0 Å². The summed E-state index contributed by atoms with van der Waals surface area (Å²) >= 11 is 0. The molecular weight excluding hydrogens is 456 g/mol. The average molecular weight is 487 g/mol. The van der Waals surface area contributed by atoms with Crippen molar-refractivity contribution in [3.63, 3.8) is 0 Å². The van der Waals surface area contributed by atoms with Gasteiger partial charge in [0.2, 0.25) is 21.8 Å². The van der Waals surface area contributed by atoms with Gasteiger partial charge in [-0.3, -0.25) is 14.5 Å². The second-order valence-corrected chi connectivity index (χ2v) is 10.1. The summed E-state index contributed by atoms with van der Waals surface area (Å²) in [7, 11) is -3.82. The molecule has 9 nitrogen and oxygen atoms in total. The fourth-order valence-corrected chi connectivity index (χ4v) is 5.08. The van der Waals surface area contributed by atoms with Crippen molar-refractivity contribution in [2.45, 2.75) is 17.7 Å². The molecule has 0 unspecified atom stereocenters. The minimum Gasteiger partial charge on any atom is -0.492 e. The third-order valence-electron chi connectivity index (χ3n) is 6.09. The predicted molar refractivity (Wildman–Crippen MR) is 128 cm³/mol. The normalized spacial score (nSPS) is 17.2. The number of sulfonamides is 1. The highest BCUT2D eigenvalue weighted by Crippen LogP contribution is 2.23. The molecular formula is C24H30N4O5S. The number of hydrogen-bond donors (Lipinski definition) is 1. The predicted octanol–water partition coefficient (Wildman–Crippen LogP) is 1.31. The summed E-state index contributed by atoms with van der Waals surface area (Å²) in [6.07, 6.45) is 1.32. The van der Waals surface area contributed by atoms with Gasteiger partial charge in [-0.15, -0.1) is 0 Å². The Kier molecular flexibility index (Phi) is 7.81. The number of nitrogens with zero attached hydrogens (tertiary/aromatic N) is 3. The fourth-order valence-electron chi connectivity index (χ4n) is 4.11. The van der Waals surface area contributed by atoms with Gasteiger partial charge in [0.25, 0.3) is 0 Å². The maximum absolute atomic E-state index is 12.6. The molecule has 0 bridgehead atoms. The minimum atomic E-state index is -3.82. The topological polar surface area (TPSA) is 99.3 Å². The lowest BCUT2D eigenvalue weighted by molar-refractivity contribution is -0.131. The van der Waals surface area contributed by atoms with E-state index in [1.165, 1.54) is 12.1 Å². The molecule has 0 atom stereocenters. The lowest BCUT2D eigenvalue weighted by Gasteiger charge is -2.34. The first-order valence-corrected chi connectivity index (χ1v) is 13.0. The summed E-state index contributed by atoms with van der Waals surface area (Å²) in [5, 5.41) is 0. The van der Waals surface area contributed by atoms with Gasteiger partial charge in [-0.05, 0) is 42.8 Å². The summed E-state index contributed by atoms with van der Waals surface area (Å²) in [6, 6.07) is 15.8. The zero-order chi connectivity index (χ0) is 24.0. The van der Waals surface area contributed by atoms with Crippen LogP contribution in [-0.4, -0.2) is 82.5 Å². The zero-order valence-corrected chi connectivity index (χ0v) is 19.9. The molecule has 2 amide bonds. The van der Waals surface area contributed by atoms with Gasteiger partial charge in [0.05, 0.1) is 11.4 Å². The van der Waals surface area contributed by atoms with Gasteiger partial charge in [0.15, 0.2) is 0 Å². The van der Waals surface area contributed by atoms with Crippen LogP contribution in [0.3, 0.4) is 0 Å². The van der Waals surface area contributed by atoms with Crippen LogP contribution in [0.25, 0.3) is 0 Å². The van der Waals surface area contributed by atoms with E-state index in [9.17, 15) is 18.0 Å². The number of benzene rings is 2. The van der Waals surface area contributed by atoms with Crippen molar-refractivity contribution in [1.29, 1.82) is 0 Å². The maximum Gasteiger partial charge on any atom is 0.241 e. The number of nitrogens with one attached hydrogen (secondary N) is 1. The highest BCUT2D eigenvalue weighted by molar-refractivity contribution is 7.89. The number of para-hydroxylation sites is 1.